The fourth-order valence-electron chi connectivity index (χ4n) is 2.11. The van der Waals surface area contributed by atoms with E-state index < -0.39 is 5.54 Å². The molecule has 3 nitrogen and oxygen atoms in total. The zero-order chi connectivity index (χ0) is 10.9. The first-order valence-electron chi connectivity index (χ1n) is 5.23. The summed E-state index contributed by atoms with van der Waals surface area (Å²) in [5, 5.41) is 0. The molecule has 0 radical (unpaired) electrons. The van der Waals surface area contributed by atoms with Crippen LogP contribution in [0.5, 0.6) is 0 Å². The Labute approximate surface area is 101 Å². The molecule has 88 valence electrons. The van der Waals surface area contributed by atoms with E-state index in [9.17, 15) is 4.79 Å². The third-order valence-electron chi connectivity index (χ3n) is 2.93. The summed E-state index contributed by atoms with van der Waals surface area (Å²) >= 11 is 0. The van der Waals surface area contributed by atoms with Crippen LogP contribution in [0, 0.1) is 0 Å². The van der Waals surface area contributed by atoms with Crippen LogP contribution in [0.25, 0.3) is 0 Å². The van der Waals surface area contributed by atoms with E-state index in [2.05, 4.69) is 0 Å². The average Bonchev–Trinajstić information content (AvgIpc) is 2.59. The minimum atomic E-state index is -0.924. The number of carbonyl (C=O) groups is 1. The lowest BCUT2D eigenvalue weighted by Gasteiger charge is -2.22. The Hall–Kier alpha value is -1.06. The zero-order valence-electron chi connectivity index (χ0n) is 9.23. The number of hydrogen-bond donors (Lipinski definition) is 1. The maximum absolute atomic E-state index is 11.8. The maximum atomic E-state index is 11.8. The van der Waals surface area contributed by atoms with E-state index in [0.717, 1.165) is 17.5 Å². The number of esters is 1. The zero-order valence-corrected chi connectivity index (χ0v) is 10.0. The number of nitrogens with two attached hydrogens (primary N) is 1. The minimum absolute atomic E-state index is 0. The maximum Gasteiger partial charge on any atom is 0.330 e. The van der Waals surface area contributed by atoms with Crippen LogP contribution in [0.2, 0.25) is 0 Å². The molecule has 0 saturated carbocycles. The van der Waals surface area contributed by atoms with Gasteiger partial charge >= 0.3 is 5.97 Å². The van der Waals surface area contributed by atoms with Gasteiger partial charge in [-0.15, -0.1) is 12.4 Å². The van der Waals surface area contributed by atoms with E-state index in [1.807, 2.05) is 24.3 Å². The number of fused-ring (bicyclic) bond motifs is 1. The summed E-state index contributed by atoms with van der Waals surface area (Å²) < 4.78 is 5.02. The van der Waals surface area contributed by atoms with Crippen molar-refractivity contribution in [1.82, 2.24) is 0 Å². The molecule has 0 bridgehead atoms. The predicted molar refractivity (Wildman–Crippen MR) is 64.5 cm³/mol. The van der Waals surface area contributed by atoms with Gasteiger partial charge in [0.25, 0.3) is 0 Å². The Balaban J connectivity index is 0.00000128. The molecular weight excluding hydrogens is 226 g/mol. The van der Waals surface area contributed by atoms with Gasteiger partial charge in [0.05, 0.1) is 6.61 Å². The van der Waals surface area contributed by atoms with Gasteiger partial charge in [0.1, 0.15) is 5.54 Å². The number of benzene rings is 1. The molecule has 16 heavy (non-hydrogen) atoms. The van der Waals surface area contributed by atoms with Crippen LogP contribution in [-0.4, -0.2) is 12.6 Å². The lowest BCUT2D eigenvalue weighted by Crippen LogP contribution is -2.44. The lowest BCUT2D eigenvalue weighted by molar-refractivity contribution is -0.150. The number of aryl methyl sites for hydroxylation is 1. The first-order valence-corrected chi connectivity index (χ1v) is 5.23. The van der Waals surface area contributed by atoms with Gasteiger partial charge in [-0.2, -0.15) is 0 Å². The molecular formula is C12H16ClNO2. The smallest absolute Gasteiger partial charge is 0.330 e. The molecule has 2 rings (SSSR count). The summed E-state index contributed by atoms with van der Waals surface area (Å²) in [6.45, 7) is 2.17. The molecule has 0 aromatic heterocycles. The van der Waals surface area contributed by atoms with Crippen molar-refractivity contribution in [1.29, 1.82) is 0 Å². The van der Waals surface area contributed by atoms with E-state index in [1.165, 1.54) is 0 Å². The molecule has 1 aliphatic rings. The van der Waals surface area contributed by atoms with E-state index in [-0.39, 0.29) is 18.4 Å². The summed E-state index contributed by atoms with van der Waals surface area (Å²) in [5.74, 6) is -0.310. The van der Waals surface area contributed by atoms with E-state index in [1.54, 1.807) is 6.92 Å². The van der Waals surface area contributed by atoms with Crippen molar-refractivity contribution >= 4 is 18.4 Å². The van der Waals surface area contributed by atoms with Crippen LogP contribution >= 0.6 is 12.4 Å². The van der Waals surface area contributed by atoms with E-state index >= 15 is 0 Å². The largest absolute Gasteiger partial charge is 0.464 e. The number of ether oxygens (including phenoxy) is 1. The van der Waals surface area contributed by atoms with Gasteiger partial charge < -0.3 is 10.5 Å². The Kier molecular flexibility index (Phi) is 3.94. The lowest BCUT2D eigenvalue weighted by atomic mass is 9.93. The first-order chi connectivity index (χ1) is 7.18. The van der Waals surface area contributed by atoms with Crippen LogP contribution in [-0.2, 0) is 21.5 Å². The molecule has 2 N–H and O–H groups in total. The third kappa shape index (κ3) is 1.93. The summed E-state index contributed by atoms with van der Waals surface area (Å²) in [6.07, 6.45) is 1.50. The summed E-state index contributed by atoms with van der Waals surface area (Å²) in [7, 11) is 0. The molecule has 1 unspecified atom stereocenters. The highest BCUT2D eigenvalue weighted by atomic mass is 35.5. The van der Waals surface area contributed by atoms with Crippen molar-refractivity contribution in [3.63, 3.8) is 0 Å². The van der Waals surface area contributed by atoms with Crippen molar-refractivity contribution in [3.8, 4) is 0 Å². The number of hydrogen-bond acceptors (Lipinski definition) is 3. The second-order valence-corrected chi connectivity index (χ2v) is 3.85. The van der Waals surface area contributed by atoms with Crippen LogP contribution in [0.3, 0.4) is 0 Å². The van der Waals surface area contributed by atoms with Gasteiger partial charge in [0.2, 0.25) is 0 Å². The highest BCUT2D eigenvalue weighted by Gasteiger charge is 2.42. The second kappa shape index (κ2) is 4.85. The minimum Gasteiger partial charge on any atom is -0.464 e. The Morgan fingerprint density at radius 3 is 2.88 bits per heavy atom. The molecule has 0 amide bonds. The standard InChI is InChI=1S/C12H15NO2.ClH/c1-2-15-11(14)12(13)8-7-9-5-3-4-6-10(9)12;/h3-6H,2,7-8,13H2,1H3;1H. The summed E-state index contributed by atoms with van der Waals surface area (Å²) in [5.41, 5.74) is 7.28. The molecule has 0 fully saturated rings. The number of carbonyl (C=O) groups excluding carboxylic acids is 1. The Bertz CT molecular complexity index is 394. The molecule has 1 aliphatic carbocycles. The highest BCUT2D eigenvalue weighted by molar-refractivity contribution is 5.85. The first kappa shape index (κ1) is 13.0. The van der Waals surface area contributed by atoms with Crippen molar-refractivity contribution < 1.29 is 9.53 Å². The normalized spacial score (nSPS) is 22.1. The second-order valence-electron chi connectivity index (χ2n) is 3.85. The van der Waals surface area contributed by atoms with Crippen molar-refractivity contribution in [2.75, 3.05) is 6.61 Å². The summed E-state index contributed by atoms with van der Waals surface area (Å²) in [6, 6.07) is 7.81. The van der Waals surface area contributed by atoms with Crippen molar-refractivity contribution in [2.24, 2.45) is 5.73 Å². The summed E-state index contributed by atoms with van der Waals surface area (Å²) in [4.78, 5) is 11.8. The monoisotopic (exact) mass is 241 g/mol. The molecule has 4 heteroatoms. The molecule has 0 heterocycles. The van der Waals surface area contributed by atoms with Gasteiger partial charge in [-0.05, 0) is 30.9 Å². The van der Waals surface area contributed by atoms with Gasteiger partial charge in [0, 0.05) is 0 Å². The van der Waals surface area contributed by atoms with Gasteiger partial charge in [-0.3, -0.25) is 0 Å². The number of halogens is 1. The molecule has 0 aliphatic heterocycles. The van der Waals surface area contributed by atoms with Crippen LogP contribution in [0.1, 0.15) is 24.5 Å². The SMILES string of the molecule is CCOC(=O)C1(N)CCc2ccccc21.Cl. The van der Waals surface area contributed by atoms with Crippen LogP contribution in [0.15, 0.2) is 24.3 Å². The number of rotatable bonds is 2. The average molecular weight is 242 g/mol. The molecule has 1 aromatic rings. The van der Waals surface area contributed by atoms with Crippen molar-refractivity contribution in [3.05, 3.63) is 35.4 Å². The third-order valence-corrected chi connectivity index (χ3v) is 2.93. The van der Waals surface area contributed by atoms with Crippen LogP contribution in [0.4, 0.5) is 0 Å². The Morgan fingerprint density at radius 1 is 1.50 bits per heavy atom. The van der Waals surface area contributed by atoms with Crippen molar-refractivity contribution in [2.45, 2.75) is 25.3 Å². The van der Waals surface area contributed by atoms with E-state index in [4.69, 9.17) is 10.5 Å². The quantitative estimate of drug-likeness (QED) is 0.803. The van der Waals surface area contributed by atoms with Gasteiger partial charge in [0.15, 0.2) is 0 Å². The van der Waals surface area contributed by atoms with Gasteiger partial charge in [-0.25, -0.2) is 4.79 Å². The predicted octanol–water partition coefficient (Wildman–Crippen LogP) is 1.77. The fraction of sp³-hybridized carbons (Fsp3) is 0.417. The Morgan fingerprint density at radius 2 is 2.19 bits per heavy atom. The van der Waals surface area contributed by atoms with Crippen LogP contribution < -0.4 is 5.73 Å². The fourth-order valence-corrected chi connectivity index (χ4v) is 2.11. The molecule has 1 aromatic carbocycles. The van der Waals surface area contributed by atoms with Gasteiger partial charge in [-0.1, -0.05) is 24.3 Å². The molecule has 0 saturated heterocycles. The molecule has 0 spiro atoms. The molecule has 1 atom stereocenters. The highest BCUT2D eigenvalue weighted by Crippen LogP contribution is 2.35. The topological polar surface area (TPSA) is 52.3 Å². The van der Waals surface area contributed by atoms with E-state index in [0.29, 0.717) is 13.0 Å².